The van der Waals surface area contributed by atoms with E-state index in [1.165, 1.54) is 28.7 Å². The average molecular weight is 472 g/mol. The summed E-state index contributed by atoms with van der Waals surface area (Å²) in [6.07, 6.45) is 2.25. The summed E-state index contributed by atoms with van der Waals surface area (Å²) in [5.41, 5.74) is 2.92. The number of hydrogen-bond donors (Lipinski definition) is 0. The molecule has 1 saturated carbocycles. The predicted octanol–water partition coefficient (Wildman–Crippen LogP) is 5.30. The Balaban J connectivity index is 1.30. The second-order valence-electron chi connectivity index (χ2n) is 7.94. The molecule has 2 heterocycles. The standard InChI is InChI=1S/C25H21N5OS2/c26-13-20(24-27-21(15-32-24)18-9-5-2-6-10-18)22(31)16-33-25-29-28-23(19-11-12-19)30(25)14-17-7-3-1-4-8-17/h1-10,15,19-20H,11-12,14,16H2. The summed E-state index contributed by atoms with van der Waals surface area (Å²) in [6, 6.07) is 22.1. The number of carbonyl (C=O) groups is 1. The Hall–Kier alpha value is -3.28. The molecule has 1 aliphatic carbocycles. The van der Waals surface area contributed by atoms with Crippen LogP contribution in [0.15, 0.2) is 71.2 Å². The molecule has 1 atom stereocenters. The molecule has 164 valence electrons. The second-order valence-corrected chi connectivity index (χ2v) is 9.77. The lowest BCUT2D eigenvalue weighted by atomic mass is 10.1. The summed E-state index contributed by atoms with van der Waals surface area (Å²) in [4.78, 5) is 17.6. The van der Waals surface area contributed by atoms with Crippen molar-refractivity contribution in [2.24, 2.45) is 0 Å². The number of thioether (sulfide) groups is 1. The number of benzene rings is 2. The first-order valence-corrected chi connectivity index (χ1v) is 12.6. The third-order valence-electron chi connectivity index (χ3n) is 5.50. The molecular weight excluding hydrogens is 450 g/mol. The molecule has 5 rings (SSSR count). The van der Waals surface area contributed by atoms with Crippen molar-refractivity contribution in [2.75, 3.05) is 5.75 Å². The van der Waals surface area contributed by atoms with Crippen LogP contribution in [0.4, 0.5) is 0 Å². The molecule has 1 unspecified atom stereocenters. The minimum absolute atomic E-state index is 0.149. The molecule has 0 aliphatic heterocycles. The number of nitriles is 1. The van der Waals surface area contributed by atoms with E-state index in [0.29, 0.717) is 17.5 Å². The Kier molecular flexibility index (Phi) is 6.33. The molecule has 0 N–H and O–H groups in total. The van der Waals surface area contributed by atoms with E-state index in [1.54, 1.807) is 0 Å². The highest BCUT2D eigenvalue weighted by Gasteiger charge is 2.31. The molecule has 0 radical (unpaired) electrons. The van der Waals surface area contributed by atoms with Crippen molar-refractivity contribution in [3.05, 3.63) is 82.4 Å². The lowest BCUT2D eigenvalue weighted by Crippen LogP contribution is -2.14. The van der Waals surface area contributed by atoms with Gasteiger partial charge in [0.05, 0.1) is 24.1 Å². The first-order chi connectivity index (χ1) is 16.2. The Bertz CT molecular complexity index is 1290. The molecule has 0 saturated heterocycles. The summed E-state index contributed by atoms with van der Waals surface area (Å²) < 4.78 is 2.11. The van der Waals surface area contributed by atoms with Crippen LogP contribution >= 0.6 is 23.1 Å². The molecule has 2 aromatic carbocycles. The quantitative estimate of drug-likeness (QED) is 0.308. The highest BCUT2D eigenvalue weighted by atomic mass is 32.2. The average Bonchev–Trinajstić information content (AvgIpc) is 3.45. The monoisotopic (exact) mass is 471 g/mol. The van der Waals surface area contributed by atoms with E-state index in [2.05, 4.69) is 38.0 Å². The van der Waals surface area contributed by atoms with Crippen LogP contribution in [0.3, 0.4) is 0 Å². The van der Waals surface area contributed by atoms with E-state index >= 15 is 0 Å². The van der Waals surface area contributed by atoms with Crippen LogP contribution in [0.1, 0.15) is 41.1 Å². The van der Waals surface area contributed by atoms with Crippen LogP contribution in [0.25, 0.3) is 11.3 Å². The molecule has 2 aromatic heterocycles. The van der Waals surface area contributed by atoms with Crippen LogP contribution in [0, 0.1) is 11.3 Å². The van der Waals surface area contributed by atoms with Crippen molar-refractivity contribution in [3.63, 3.8) is 0 Å². The minimum Gasteiger partial charge on any atom is -0.301 e. The van der Waals surface area contributed by atoms with Gasteiger partial charge in [-0.1, -0.05) is 72.4 Å². The molecule has 0 amide bonds. The van der Waals surface area contributed by atoms with E-state index in [1.807, 2.05) is 53.9 Å². The normalized spacial score (nSPS) is 14.0. The van der Waals surface area contributed by atoms with Gasteiger partial charge in [0.1, 0.15) is 10.8 Å². The van der Waals surface area contributed by atoms with Crippen molar-refractivity contribution in [1.82, 2.24) is 19.7 Å². The number of ketones is 1. The molecule has 4 aromatic rings. The lowest BCUT2D eigenvalue weighted by molar-refractivity contribution is -0.116. The molecule has 33 heavy (non-hydrogen) atoms. The zero-order valence-electron chi connectivity index (χ0n) is 17.8. The third kappa shape index (κ3) is 4.90. The maximum Gasteiger partial charge on any atom is 0.191 e. The fraction of sp³-hybridized carbons (Fsp3) is 0.240. The van der Waals surface area contributed by atoms with Crippen LogP contribution in [-0.2, 0) is 11.3 Å². The molecule has 1 fully saturated rings. The minimum atomic E-state index is -0.881. The van der Waals surface area contributed by atoms with E-state index in [0.717, 1.165) is 35.1 Å². The number of rotatable bonds is 9. The van der Waals surface area contributed by atoms with E-state index < -0.39 is 5.92 Å². The Morgan fingerprint density at radius 3 is 2.55 bits per heavy atom. The number of thiazole rings is 1. The smallest absolute Gasteiger partial charge is 0.191 e. The highest BCUT2D eigenvalue weighted by Crippen LogP contribution is 2.40. The third-order valence-corrected chi connectivity index (χ3v) is 7.40. The van der Waals surface area contributed by atoms with Crippen LogP contribution in [-0.4, -0.2) is 31.3 Å². The highest BCUT2D eigenvalue weighted by molar-refractivity contribution is 7.99. The fourth-order valence-electron chi connectivity index (χ4n) is 3.61. The van der Waals surface area contributed by atoms with E-state index in [4.69, 9.17) is 0 Å². The maximum absolute atomic E-state index is 13.0. The number of hydrogen-bond acceptors (Lipinski definition) is 7. The van der Waals surface area contributed by atoms with Gasteiger partial charge in [-0.15, -0.1) is 21.5 Å². The van der Waals surface area contributed by atoms with Crippen molar-refractivity contribution < 1.29 is 4.79 Å². The largest absolute Gasteiger partial charge is 0.301 e. The van der Waals surface area contributed by atoms with Gasteiger partial charge in [-0.2, -0.15) is 5.26 Å². The first kappa shape index (κ1) is 21.6. The molecule has 0 bridgehead atoms. The van der Waals surface area contributed by atoms with E-state index in [-0.39, 0.29) is 11.5 Å². The van der Waals surface area contributed by atoms with Gasteiger partial charge >= 0.3 is 0 Å². The van der Waals surface area contributed by atoms with Crippen molar-refractivity contribution in [2.45, 2.75) is 36.4 Å². The molecule has 0 spiro atoms. The number of carbonyl (C=O) groups excluding carboxylic acids is 1. The summed E-state index contributed by atoms with van der Waals surface area (Å²) in [5.74, 6) is 0.533. The van der Waals surface area contributed by atoms with Crippen molar-refractivity contribution >= 4 is 28.9 Å². The van der Waals surface area contributed by atoms with Gasteiger partial charge in [0, 0.05) is 16.9 Å². The van der Waals surface area contributed by atoms with Gasteiger partial charge < -0.3 is 4.57 Å². The molecule has 8 heteroatoms. The summed E-state index contributed by atoms with van der Waals surface area (Å²) in [5, 5.41) is 21.7. The molecule has 6 nitrogen and oxygen atoms in total. The zero-order valence-corrected chi connectivity index (χ0v) is 19.4. The fourth-order valence-corrected chi connectivity index (χ4v) is 5.35. The predicted molar refractivity (Wildman–Crippen MR) is 129 cm³/mol. The Morgan fingerprint density at radius 1 is 1.12 bits per heavy atom. The van der Waals surface area contributed by atoms with Crippen molar-refractivity contribution in [1.29, 1.82) is 5.26 Å². The Labute approximate surface area is 200 Å². The van der Waals surface area contributed by atoms with Gasteiger partial charge in [0.25, 0.3) is 0 Å². The summed E-state index contributed by atoms with van der Waals surface area (Å²) in [7, 11) is 0. The lowest BCUT2D eigenvalue weighted by Gasteiger charge is -2.10. The zero-order chi connectivity index (χ0) is 22.6. The second kappa shape index (κ2) is 9.69. The first-order valence-electron chi connectivity index (χ1n) is 10.8. The number of Topliss-reactive ketones (excluding diaryl/α,β-unsaturated/α-hetero) is 1. The van der Waals surface area contributed by atoms with Gasteiger partial charge in [0.15, 0.2) is 16.9 Å². The number of nitrogens with zero attached hydrogens (tertiary/aromatic N) is 5. The molecular formula is C25H21N5OS2. The summed E-state index contributed by atoms with van der Waals surface area (Å²) >= 11 is 2.70. The van der Waals surface area contributed by atoms with Crippen LogP contribution < -0.4 is 0 Å². The van der Waals surface area contributed by atoms with Gasteiger partial charge in [-0.05, 0) is 18.4 Å². The summed E-state index contributed by atoms with van der Waals surface area (Å²) in [6.45, 7) is 0.671. The SMILES string of the molecule is N#CC(C(=O)CSc1nnc(C2CC2)n1Cc1ccccc1)c1nc(-c2ccccc2)cs1. The van der Waals surface area contributed by atoms with Crippen LogP contribution in [0.2, 0.25) is 0 Å². The van der Waals surface area contributed by atoms with Gasteiger partial charge in [-0.25, -0.2) is 4.98 Å². The maximum atomic E-state index is 13.0. The van der Waals surface area contributed by atoms with Gasteiger partial charge in [0.2, 0.25) is 0 Å². The Morgan fingerprint density at radius 2 is 1.85 bits per heavy atom. The van der Waals surface area contributed by atoms with Crippen LogP contribution in [0.5, 0.6) is 0 Å². The van der Waals surface area contributed by atoms with Gasteiger partial charge in [-0.3, -0.25) is 4.79 Å². The number of aromatic nitrogens is 4. The topological polar surface area (TPSA) is 84.5 Å². The van der Waals surface area contributed by atoms with Crippen molar-refractivity contribution in [3.8, 4) is 17.3 Å². The molecule has 1 aliphatic rings. The van der Waals surface area contributed by atoms with E-state index in [9.17, 15) is 10.1 Å².